The van der Waals surface area contributed by atoms with Crippen molar-refractivity contribution in [1.29, 1.82) is 0 Å². The SMILES string of the molecule is CCNC(C)(CN1CCC(CN2CCCC2)CC1)C(=O)O. The van der Waals surface area contributed by atoms with Gasteiger partial charge >= 0.3 is 5.97 Å². The Hall–Kier alpha value is -0.650. The Kier molecular flexibility index (Phi) is 6.02. The van der Waals surface area contributed by atoms with Crippen LogP contribution in [0, 0.1) is 5.92 Å². The lowest BCUT2D eigenvalue weighted by Gasteiger charge is -2.38. The van der Waals surface area contributed by atoms with Crippen molar-refractivity contribution in [2.45, 2.75) is 45.1 Å². The predicted octanol–water partition coefficient (Wildman–Crippen LogP) is 1.25. The zero-order valence-corrected chi connectivity index (χ0v) is 13.6. The van der Waals surface area contributed by atoms with Gasteiger partial charge in [0.25, 0.3) is 0 Å². The smallest absolute Gasteiger partial charge is 0.324 e. The molecule has 122 valence electrons. The summed E-state index contributed by atoms with van der Waals surface area (Å²) in [5.74, 6) is 0.0538. The maximum Gasteiger partial charge on any atom is 0.324 e. The second-order valence-corrected chi connectivity index (χ2v) is 6.89. The van der Waals surface area contributed by atoms with E-state index in [0.29, 0.717) is 13.1 Å². The number of nitrogens with one attached hydrogen (secondary N) is 1. The van der Waals surface area contributed by atoms with E-state index < -0.39 is 11.5 Å². The first-order valence-electron chi connectivity index (χ1n) is 8.46. The number of nitrogens with zero attached hydrogens (tertiary/aromatic N) is 2. The minimum Gasteiger partial charge on any atom is -0.480 e. The average molecular weight is 297 g/mol. The fourth-order valence-corrected chi connectivity index (χ4v) is 3.69. The molecule has 2 saturated heterocycles. The van der Waals surface area contributed by atoms with Gasteiger partial charge in [0.2, 0.25) is 0 Å². The van der Waals surface area contributed by atoms with E-state index in [9.17, 15) is 9.90 Å². The van der Waals surface area contributed by atoms with Gasteiger partial charge in [-0.1, -0.05) is 6.92 Å². The minimum atomic E-state index is -0.823. The predicted molar refractivity (Wildman–Crippen MR) is 84.6 cm³/mol. The van der Waals surface area contributed by atoms with Crippen LogP contribution in [0.1, 0.15) is 39.5 Å². The topological polar surface area (TPSA) is 55.8 Å². The summed E-state index contributed by atoms with van der Waals surface area (Å²) >= 11 is 0. The molecule has 21 heavy (non-hydrogen) atoms. The third-order valence-corrected chi connectivity index (χ3v) is 5.00. The van der Waals surface area contributed by atoms with E-state index in [-0.39, 0.29) is 0 Å². The number of rotatable bonds is 7. The van der Waals surface area contributed by atoms with Gasteiger partial charge in [-0.05, 0) is 71.2 Å². The third-order valence-electron chi connectivity index (χ3n) is 5.00. The Morgan fingerprint density at radius 3 is 2.33 bits per heavy atom. The molecule has 1 unspecified atom stereocenters. The van der Waals surface area contributed by atoms with Crippen LogP contribution in [-0.4, -0.2) is 72.2 Å². The standard InChI is InChI=1S/C16H31N3O2/c1-3-17-16(2,15(20)21)13-19-10-6-14(7-11-19)12-18-8-4-5-9-18/h14,17H,3-13H2,1-2H3,(H,20,21). The van der Waals surface area contributed by atoms with Crippen molar-refractivity contribution in [3.63, 3.8) is 0 Å². The van der Waals surface area contributed by atoms with Gasteiger partial charge in [0.15, 0.2) is 0 Å². The monoisotopic (exact) mass is 297 g/mol. The number of likely N-dealkylation sites (tertiary alicyclic amines) is 2. The molecule has 0 aromatic carbocycles. The van der Waals surface area contributed by atoms with Gasteiger partial charge in [-0.15, -0.1) is 0 Å². The van der Waals surface area contributed by atoms with Crippen molar-refractivity contribution >= 4 is 5.97 Å². The third kappa shape index (κ3) is 4.66. The van der Waals surface area contributed by atoms with Crippen LogP contribution in [0.25, 0.3) is 0 Å². The van der Waals surface area contributed by atoms with Crippen molar-refractivity contribution in [2.24, 2.45) is 5.92 Å². The van der Waals surface area contributed by atoms with E-state index in [2.05, 4.69) is 15.1 Å². The number of hydrogen-bond acceptors (Lipinski definition) is 4. The Bertz CT molecular complexity index is 336. The Morgan fingerprint density at radius 2 is 1.81 bits per heavy atom. The summed E-state index contributed by atoms with van der Waals surface area (Å²) in [6.45, 7) is 10.9. The number of piperidine rings is 1. The highest BCUT2D eigenvalue weighted by Crippen LogP contribution is 2.22. The van der Waals surface area contributed by atoms with Crippen LogP contribution >= 0.6 is 0 Å². The highest BCUT2D eigenvalue weighted by Gasteiger charge is 2.35. The zero-order valence-electron chi connectivity index (χ0n) is 13.6. The van der Waals surface area contributed by atoms with Crippen LogP contribution in [0.15, 0.2) is 0 Å². The normalized spacial score (nSPS) is 25.0. The summed E-state index contributed by atoms with van der Waals surface area (Å²) in [5, 5.41) is 12.6. The summed E-state index contributed by atoms with van der Waals surface area (Å²) in [6, 6.07) is 0. The Balaban J connectivity index is 1.76. The van der Waals surface area contributed by atoms with E-state index in [1.54, 1.807) is 6.92 Å². The molecule has 0 bridgehead atoms. The summed E-state index contributed by atoms with van der Waals surface area (Å²) in [7, 11) is 0. The molecule has 0 aromatic rings. The van der Waals surface area contributed by atoms with E-state index >= 15 is 0 Å². The largest absolute Gasteiger partial charge is 0.480 e. The van der Waals surface area contributed by atoms with E-state index in [4.69, 9.17) is 0 Å². The van der Waals surface area contributed by atoms with E-state index in [1.165, 1.54) is 45.3 Å². The van der Waals surface area contributed by atoms with Crippen LogP contribution < -0.4 is 5.32 Å². The quantitative estimate of drug-likeness (QED) is 0.741. The molecule has 2 heterocycles. The van der Waals surface area contributed by atoms with Gasteiger partial charge in [0.1, 0.15) is 5.54 Å². The number of aliphatic carboxylic acids is 1. The molecule has 5 heteroatoms. The van der Waals surface area contributed by atoms with Gasteiger partial charge in [0.05, 0.1) is 0 Å². The average Bonchev–Trinajstić information content (AvgIpc) is 2.94. The number of carboxylic acids is 1. The molecule has 0 spiro atoms. The summed E-state index contributed by atoms with van der Waals surface area (Å²) in [4.78, 5) is 16.4. The number of likely N-dealkylation sites (N-methyl/N-ethyl adjacent to an activating group) is 1. The van der Waals surface area contributed by atoms with Crippen molar-refractivity contribution in [2.75, 3.05) is 45.8 Å². The number of carbonyl (C=O) groups is 1. The molecule has 0 amide bonds. The molecular formula is C16H31N3O2. The molecule has 2 aliphatic rings. The van der Waals surface area contributed by atoms with Crippen LogP contribution in [0.3, 0.4) is 0 Å². The van der Waals surface area contributed by atoms with E-state index in [0.717, 1.165) is 19.0 Å². The van der Waals surface area contributed by atoms with Crippen LogP contribution in [0.2, 0.25) is 0 Å². The molecule has 5 nitrogen and oxygen atoms in total. The molecule has 0 radical (unpaired) electrons. The zero-order chi connectivity index (χ0) is 15.3. The number of hydrogen-bond donors (Lipinski definition) is 2. The summed E-state index contributed by atoms with van der Waals surface area (Å²) in [5.41, 5.74) is -0.823. The highest BCUT2D eigenvalue weighted by molar-refractivity contribution is 5.78. The summed E-state index contributed by atoms with van der Waals surface area (Å²) in [6.07, 6.45) is 5.13. The summed E-state index contributed by atoms with van der Waals surface area (Å²) < 4.78 is 0. The van der Waals surface area contributed by atoms with Gasteiger partial charge < -0.3 is 20.2 Å². The molecule has 2 fully saturated rings. The van der Waals surface area contributed by atoms with Gasteiger partial charge in [-0.2, -0.15) is 0 Å². The minimum absolute atomic E-state index is 0.604. The van der Waals surface area contributed by atoms with Crippen molar-refractivity contribution < 1.29 is 9.90 Å². The molecular weight excluding hydrogens is 266 g/mol. The van der Waals surface area contributed by atoms with Gasteiger partial charge in [0, 0.05) is 13.1 Å². The second kappa shape index (κ2) is 7.56. The van der Waals surface area contributed by atoms with Crippen LogP contribution in [-0.2, 0) is 4.79 Å². The van der Waals surface area contributed by atoms with Crippen LogP contribution in [0.5, 0.6) is 0 Å². The van der Waals surface area contributed by atoms with Crippen molar-refractivity contribution in [3.8, 4) is 0 Å². The Labute approximate surface area is 128 Å². The molecule has 2 N–H and O–H groups in total. The fraction of sp³-hybridized carbons (Fsp3) is 0.938. The molecule has 2 rings (SSSR count). The lowest BCUT2D eigenvalue weighted by Crippen LogP contribution is -2.58. The molecule has 1 atom stereocenters. The first-order chi connectivity index (χ1) is 10.0. The fourth-order valence-electron chi connectivity index (χ4n) is 3.69. The lowest BCUT2D eigenvalue weighted by molar-refractivity contribution is -0.145. The van der Waals surface area contributed by atoms with Crippen molar-refractivity contribution in [1.82, 2.24) is 15.1 Å². The molecule has 0 saturated carbocycles. The second-order valence-electron chi connectivity index (χ2n) is 6.89. The molecule has 0 aliphatic carbocycles. The first kappa shape index (κ1) is 16.7. The maximum atomic E-state index is 11.5. The first-order valence-corrected chi connectivity index (χ1v) is 8.46. The molecule has 0 aromatic heterocycles. The molecule has 2 aliphatic heterocycles. The van der Waals surface area contributed by atoms with Gasteiger partial charge in [-0.25, -0.2) is 0 Å². The van der Waals surface area contributed by atoms with E-state index in [1.807, 2.05) is 6.92 Å². The Morgan fingerprint density at radius 1 is 1.19 bits per heavy atom. The number of carboxylic acid groups (broad SMARTS) is 1. The maximum absolute atomic E-state index is 11.5. The highest BCUT2D eigenvalue weighted by atomic mass is 16.4. The van der Waals surface area contributed by atoms with Gasteiger partial charge in [-0.3, -0.25) is 4.79 Å². The van der Waals surface area contributed by atoms with Crippen LogP contribution in [0.4, 0.5) is 0 Å². The van der Waals surface area contributed by atoms with Crippen molar-refractivity contribution in [3.05, 3.63) is 0 Å². The lowest BCUT2D eigenvalue weighted by atomic mass is 9.94.